The lowest BCUT2D eigenvalue weighted by molar-refractivity contribution is 0.354. The van der Waals surface area contributed by atoms with E-state index in [4.69, 9.17) is 5.73 Å². The van der Waals surface area contributed by atoms with Crippen molar-refractivity contribution in [3.05, 3.63) is 0 Å². The predicted molar refractivity (Wildman–Crippen MR) is 60.6 cm³/mol. The van der Waals surface area contributed by atoms with Crippen molar-refractivity contribution in [3.8, 4) is 0 Å². The van der Waals surface area contributed by atoms with Crippen LogP contribution in [0.5, 0.6) is 0 Å². The van der Waals surface area contributed by atoms with Crippen LogP contribution in [0.4, 0.5) is 0 Å². The molecule has 0 unspecified atom stereocenters. The van der Waals surface area contributed by atoms with E-state index in [2.05, 4.69) is 4.90 Å². The molecule has 1 fully saturated rings. The largest absolute Gasteiger partial charge is 0.326 e. The molecule has 0 aliphatic carbocycles. The van der Waals surface area contributed by atoms with Crippen molar-refractivity contribution in [1.82, 2.24) is 4.90 Å². The fourth-order valence-electron chi connectivity index (χ4n) is 1.48. The first-order valence-electron chi connectivity index (χ1n) is 4.72. The lowest BCUT2D eigenvalue weighted by atomic mass is 10.3. The lowest BCUT2D eigenvalue weighted by Crippen LogP contribution is -2.30. The molecule has 1 saturated heterocycles. The van der Waals surface area contributed by atoms with Gasteiger partial charge in [0.15, 0.2) is 9.84 Å². The van der Waals surface area contributed by atoms with Gasteiger partial charge in [0.25, 0.3) is 0 Å². The molecule has 0 spiro atoms. The third-order valence-corrected chi connectivity index (χ3v) is 4.15. The van der Waals surface area contributed by atoms with Gasteiger partial charge in [-0.25, -0.2) is 8.42 Å². The molecule has 0 bridgehead atoms. The number of halogens is 1. The number of hydrogen-bond donors (Lipinski definition) is 1. The van der Waals surface area contributed by atoms with Crippen molar-refractivity contribution in [1.29, 1.82) is 0 Å². The number of nitrogens with two attached hydrogens (primary N) is 1. The highest BCUT2D eigenvalue weighted by Gasteiger charge is 2.20. The van der Waals surface area contributed by atoms with Crippen LogP contribution in [-0.4, -0.2) is 50.5 Å². The minimum Gasteiger partial charge on any atom is -0.326 e. The van der Waals surface area contributed by atoms with Gasteiger partial charge in [0.2, 0.25) is 0 Å². The Morgan fingerprint density at radius 2 is 2.14 bits per heavy atom. The van der Waals surface area contributed by atoms with Crippen LogP contribution in [0.15, 0.2) is 0 Å². The van der Waals surface area contributed by atoms with Gasteiger partial charge in [-0.1, -0.05) is 6.92 Å². The molecule has 0 aromatic heterocycles. The second kappa shape index (κ2) is 5.90. The Kier molecular flexibility index (Phi) is 5.97. The van der Waals surface area contributed by atoms with Crippen LogP contribution >= 0.6 is 12.4 Å². The fourth-order valence-corrected chi connectivity index (χ4v) is 2.30. The molecule has 4 nitrogen and oxygen atoms in total. The molecule has 1 heterocycles. The number of nitrogens with zero attached hydrogens (tertiary/aromatic N) is 1. The maximum Gasteiger partial charge on any atom is 0.151 e. The van der Waals surface area contributed by atoms with Gasteiger partial charge in [0.05, 0.1) is 5.75 Å². The molecule has 2 N–H and O–H groups in total. The highest BCUT2D eigenvalue weighted by molar-refractivity contribution is 7.91. The van der Waals surface area contributed by atoms with Gasteiger partial charge < -0.3 is 10.6 Å². The van der Waals surface area contributed by atoms with Crippen LogP contribution in [0.3, 0.4) is 0 Å². The first-order chi connectivity index (χ1) is 6.03. The van der Waals surface area contributed by atoms with Gasteiger partial charge >= 0.3 is 0 Å². The SMILES string of the molecule is CCS(=O)(=O)CCN1CC[C@@H](N)C1.Cl. The normalized spacial score (nSPS) is 23.4. The number of hydrogen-bond acceptors (Lipinski definition) is 4. The standard InChI is InChI=1S/C8H18N2O2S.ClH/c1-2-13(11,12)6-5-10-4-3-8(9)7-10;/h8H,2-7,9H2,1H3;1H/t8-;/m1./s1. The molecule has 14 heavy (non-hydrogen) atoms. The second-order valence-corrected chi connectivity index (χ2v) is 6.06. The van der Waals surface area contributed by atoms with Crippen LogP contribution in [0.25, 0.3) is 0 Å². The monoisotopic (exact) mass is 242 g/mol. The van der Waals surface area contributed by atoms with E-state index in [9.17, 15) is 8.42 Å². The van der Waals surface area contributed by atoms with E-state index >= 15 is 0 Å². The third-order valence-electron chi connectivity index (χ3n) is 2.47. The molecule has 1 aliphatic rings. The zero-order chi connectivity index (χ0) is 9.90. The maximum atomic E-state index is 11.2. The van der Waals surface area contributed by atoms with E-state index < -0.39 is 9.84 Å². The first-order valence-corrected chi connectivity index (χ1v) is 6.54. The van der Waals surface area contributed by atoms with Crippen molar-refractivity contribution in [2.75, 3.05) is 31.1 Å². The van der Waals surface area contributed by atoms with Gasteiger partial charge in [-0.15, -0.1) is 12.4 Å². The quantitative estimate of drug-likeness (QED) is 0.747. The zero-order valence-electron chi connectivity index (χ0n) is 8.48. The summed E-state index contributed by atoms with van der Waals surface area (Å²) in [5.74, 6) is 0.517. The Hall–Kier alpha value is 0.160. The van der Waals surface area contributed by atoms with E-state index in [1.54, 1.807) is 6.92 Å². The van der Waals surface area contributed by atoms with E-state index in [-0.39, 0.29) is 30.0 Å². The molecule has 6 heteroatoms. The predicted octanol–water partition coefficient (Wildman–Crippen LogP) is -0.124. The second-order valence-electron chi connectivity index (χ2n) is 3.59. The summed E-state index contributed by atoms with van der Waals surface area (Å²) in [6.07, 6.45) is 0.992. The molecule has 1 atom stereocenters. The topological polar surface area (TPSA) is 63.4 Å². The summed E-state index contributed by atoms with van der Waals surface area (Å²) in [6, 6.07) is 0.240. The minimum absolute atomic E-state index is 0. The van der Waals surface area contributed by atoms with Gasteiger partial charge in [0, 0.05) is 24.9 Å². The summed E-state index contributed by atoms with van der Waals surface area (Å²) >= 11 is 0. The Bertz CT molecular complexity index is 256. The first kappa shape index (κ1) is 14.2. The van der Waals surface area contributed by atoms with Crippen LogP contribution in [0.2, 0.25) is 0 Å². The highest BCUT2D eigenvalue weighted by Crippen LogP contribution is 2.06. The number of likely N-dealkylation sites (tertiary alicyclic amines) is 1. The fraction of sp³-hybridized carbons (Fsp3) is 1.00. The van der Waals surface area contributed by atoms with Crippen LogP contribution in [0.1, 0.15) is 13.3 Å². The van der Waals surface area contributed by atoms with Crippen molar-refractivity contribution in [2.24, 2.45) is 5.73 Å². The molecule has 0 saturated carbocycles. The summed E-state index contributed by atoms with van der Waals surface area (Å²) in [4.78, 5) is 2.12. The van der Waals surface area contributed by atoms with E-state index in [1.165, 1.54) is 0 Å². The number of sulfone groups is 1. The van der Waals surface area contributed by atoms with Crippen LogP contribution in [-0.2, 0) is 9.84 Å². The summed E-state index contributed by atoms with van der Waals surface area (Å²) in [7, 11) is -2.81. The summed E-state index contributed by atoms with van der Waals surface area (Å²) in [5.41, 5.74) is 5.71. The Labute approximate surface area is 92.2 Å². The van der Waals surface area contributed by atoms with E-state index in [0.29, 0.717) is 6.54 Å². The Balaban J connectivity index is 0.00000169. The molecule has 1 rings (SSSR count). The molecular formula is C8H19ClN2O2S. The third kappa shape index (κ3) is 4.59. The van der Waals surface area contributed by atoms with Crippen molar-refractivity contribution in [2.45, 2.75) is 19.4 Å². The van der Waals surface area contributed by atoms with Crippen molar-refractivity contribution in [3.63, 3.8) is 0 Å². The molecule has 1 aliphatic heterocycles. The van der Waals surface area contributed by atoms with Gasteiger partial charge in [0.1, 0.15) is 0 Å². The van der Waals surface area contributed by atoms with Crippen molar-refractivity contribution < 1.29 is 8.42 Å². The number of rotatable bonds is 4. The van der Waals surface area contributed by atoms with Crippen LogP contribution < -0.4 is 5.73 Å². The molecular weight excluding hydrogens is 224 g/mol. The molecule has 0 amide bonds. The lowest BCUT2D eigenvalue weighted by Gasteiger charge is -2.14. The summed E-state index contributed by atoms with van der Waals surface area (Å²) in [6.45, 7) is 4.12. The van der Waals surface area contributed by atoms with Gasteiger partial charge in [-0.05, 0) is 13.0 Å². The average Bonchev–Trinajstić information content (AvgIpc) is 2.48. The Morgan fingerprint density at radius 1 is 1.50 bits per heavy atom. The zero-order valence-corrected chi connectivity index (χ0v) is 10.1. The molecule has 0 radical (unpaired) electrons. The maximum absolute atomic E-state index is 11.2. The molecule has 86 valence electrons. The van der Waals surface area contributed by atoms with Gasteiger partial charge in [-0.3, -0.25) is 0 Å². The Morgan fingerprint density at radius 3 is 2.57 bits per heavy atom. The summed E-state index contributed by atoms with van der Waals surface area (Å²) < 4.78 is 22.4. The smallest absolute Gasteiger partial charge is 0.151 e. The minimum atomic E-state index is -2.81. The summed E-state index contributed by atoms with van der Waals surface area (Å²) in [5, 5.41) is 0. The van der Waals surface area contributed by atoms with Crippen molar-refractivity contribution >= 4 is 22.2 Å². The van der Waals surface area contributed by atoms with E-state index in [0.717, 1.165) is 19.5 Å². The van der Waals surface area contributed by atoms with Gasteiger partial charge in [-0.2, -0.15) is 0 Å². The molecule has 0 aromatic rings. The highest BCUT2D eigenvalue weighted by atomic mass is 35.5. The average molecular weight is 243 g/mol. The van der Waals surface area contributed by atoms with E-state index in [1.807, 2.05) is 0 Å². The van der Waals surface area contributed by atoms with Crippen LogP contribution in [0, 0.1) is 0 Å². The molecule has 0 aromatic carbocycles.